The van der Waals surface area contributed by atoms with Gasteiger partial charge in [-0.3, -0.25) is 9.78 Å². The average Bonchev–Trinajstić information content (AvgIpc) is 2.66. The van der Waals surface area contributed by atoms with Crippen molar-refractivity contribution < 1.29 is 4.79 Å². The fraction of sp³-hybridized carbons (Fsp3) is 0.600. The highest BCUT2D eigenvalue weighted by Gasteiger charge is 2.36. The lowest BCUT2D eigenvalue weighted by Gasteiger charge is -2.29. The number of carbonyl (C=O) groups excluding carboxylic acids is 1. The Bertz CT molecular complexity index is 381. The van der Waals surface area contributed by atoms with Crippen LogP contribution >= 0.6 is 0 Å². The number of Topliss-reactive ketones (excluding diaryl/α,β-unsaturated/α-hetero) is 1. The molecule has 1 aliphatic carbocycles. The van der Waals surface area contributed by atoms with E-state index in [9.17, 15) is 4.79 Å². The number of hydrogen-bond donors (Lipinski definition) is 1. The molecule has 1 aromatic rings. The molecule has 0 bridgehead atoms. The largest absolute Gasteiger partial charge is 0.329 e. The molecule has 98 valence electrons. The van der Waals surface area contributed by atoms with Crippen molar-refractivity contribution in [1.29, 1.82) is 0 Å². The molecule has 0 radical (unpaired) electrons. The van der Waals surface area contributed by atoms with E-state index in [0.29, 0.717) is 18.7 Å². The molecule has 1 aliphatic rings. The van der Waals surface area contributed by atoms with Gasteiger partial charge in [0.2, 0.25) is 0 Å². The molecule has 1 saturated carbocycles. The number of aromatic nitrogens is 1. The normalized spacial score (nSPS) is 19.2. The smallest absolute Gasteiger partial charge is 0.144 e. The summed E-state index contributed by atoms with van der Waals surface area (Å²) in [5.74, 6) is 0.305. The molecule has 3 heteroatoms. The van der Waals surface area contributed by atoms with Gasteiger partial charge in [0, 0.05) is 30.8 Å². The Hall–Kier alpha value is -1.22. The van der Waals surface area contributed by atoms with Gasteiger partial charge in [-0.15, -0.1) is 0 Å². The first kappa shape index (κ1) is 13.2. The van der Waals surface area contributed by atoms with Crippen LogP contribution in [0.5, 0.6) is 0 Å². The number of pyridine rings is 1. The van der Waals surface area contributed by atoms with Gasteiger partial charge in [-0.05, 0) is 24.5 Å². The molecule has 2 N–H and O–H groups in total. The van der Waals surface area contributed by atoms with Gasteiger partial charge in [0.1, 0.15) is 5.78 Å². The number of rotatable bonds is 4. The van der Waals surface area contributed by atoms with Gasteiger partial charge >= 0.3 is 0 Å². The van der Waals surface area contributed by atoms with Crippen LogP contribution in [0.25, 0.3) is 0 Å². The first-order valence-corrected chi connectivity index (χ1v) is 6.89. The lowest BCUT2D eigenvalue weighted by Crippen LogP contribution is -2.39. The van der Waals surface area contributed by atoms with Crippen LogP contribution in [0.15, 0.2) is 24.5 Å². The van der Waals surface area contributed by atoms with E-state index in [1.165, 1.54) is 12.8 Å². The predicted molar refractivity (Wildman–Crippen MR) is 72.1 cm³/mol. The highest BCUT2D eigenvalue weighted by atomic mass is 16.1. The zero-order valence-electron chi connectivity index (χ0n) is 10.9. The summed E-state index contributed by atoms with van der Waals surface area (Å²) in [6.45, 7) is 0.492. The first-order chi connectivity index (χ1) is 8.77. The molecule has 0 unspecified atom stereocenters. The Balaban J connectivity index is 2.09. The topological polar surface area (TPSA) is 56.0 Å². The Morgan fingerprint density at radius 1 is 1.28 bits per heavy atom. The number of nitrogens with two attached hydrogens (primary N) is 1. The maximum Gasteiger partial charge on any atom is 0.144 e. The second kappa shape index (κ2) is 6.10. The van der Waals surface area contributed by atoms with E-state index in [1.807, 2.05) is 12.1 Å². The molecule has 0 spiro atoms. The van der Waals surface area contributed by atoms with Crippen LogP contribution in [0.1, 0.15) is 44.1 Å². The van der Waals surface area contributed by atoms with Crippen molar-refractivity contribution >= 4 is 5.78 Å². The third-order valence-electron chi connectivity index (χ3n) is 4.13. The summed E-state index contributed by atoms with van der Waals surface area (Å²) in [4.78, 5) is 16.6. The van der Waals surface area contributed by atoms with Gasteiger partial charge in [-0.25, -0.2) is 0 Å². The fourth-order valence-corrected chi connectivity index (χ4v) is 2.88. The lowest BCUT2D eigenvalue weighted by molar-refractivity contribution is -0.128. The highest BCUT2D eigenvalue weighted by Crippen LogP contribution is 2.35. The molecule has 0 atom stereocenters. The molecule has 1 fully saturated rings. The molecule has 1 heterocycles. The van der Waals surface area contributed by atoms with Gasteiger partial charge in [0.25, 0.3) is 0 Å². The third kappa shape index (κ3) is 2.96. The van der Waals surface area contributed by atoms with Crippen molar-refractivity contribution in [2.45, 2.75) is 44.9 Å². The standard InChI is InChI=1S/C15H22N2O/c16-12-15(7-3-1-2-4-8-15)14(18)10-13-6-5-9-17-11-13/h5-6,9,11H,1-4,7-8,10,12,16H2. The van der Waals surface area contributed by atoms with Crippen LogP contribution in [0.2, 0.25) is 0 Å². The van der Waals surface area contributed by atoms with Crippen LogP contribution in [0, 0.1) is 5.41 Å². The van der Waals surface area contributed by atoms with E-state index >= 15 is 0 Å². The summed E-state index contributed by atoms with van der Waals surface area (Å²) in [7, 11) is 0. The van der Waals surface area contributed by atoms with E-state index in [0.717, 1.165) is 31.2 Å². The molecule has 0 aliphatic heterocycles. The minimum atomic E-state index is -0.271. The van der Waals surface area contributed by atoms with Crippen molar-refractivity contribution in [3.8, 4) is 0 Å². The summed E-state index contributed by atoms with van der Waals surface area (Å²) in [6, 6.07) is 3.84. The van der Waals surface area contributed by atoms with E-state index in [-0.39, 0.29) is 5.41 Å². The van der Waals surface area contributed by atoms with Crippen molar-refractivity contribution in [1.82, 2.24) is 4.98 Å². The van der Waals surface area contributed by atoms with Crippen LogP contribution in [-0.2, 0) is 11.2 Å². The summed E-state index contributed by atoms with van der Waals surface area (Å²) >= 11 is 0. The lowest BCUT2D eigenvalue weighted by atomic mass is 9.75. The second-order valence-corrected chi connectivity index (χ2v) is 5.36. The third-order valence-corrected chi connectivity index (χ3v) is 4.13. The number of carbonyl (C=O) groups is 1. The maximum absolute atomic E-state index is 12.6. The zero-order chi connectivity index (χ0) is 12.8. The number of nitrogens with zero attached hydrogens (tertiary/aromatic N) is 1. The van der Waals surface area contributed by atoms with Crippen molar-refractivity contribution in [2.75, 3.05) is 6.54 Å². The number of hydrogen-bond acceptors (Lipinski definition) is 3. The van der Waals surface area contributed by atoms with E-state index < -0.39 is 0 Å². The highest BCUT2D eigenvalue weighted by molar-refractivity contribution is 5.87. The predicted octanol–water partition coefficient (Wildman–Crippen LogP) is 2.49. The SMILES string of the molecule is NCC1(C(=O)Cc2cccnc2)CCCCCC1. The summed E-state index contributed by atoms with van der Waals surface area (Å²) in [5.41, 5.74) is 6.65. The molecule has 0 aromatic carbocycles. The second-order valence-electron chi connectivity index (χ2n) is 5.36. The van der Waals surface area contributed by atoms with Crippen molar-refractivity contribution in [2.24, 2.45) is 11.1 Å². The van der Waals surface area contributed by atoms with Crippen LogP contribution in [0.4, 0.5) is 0 Å². The maximum atomic E-state index is 12.6. The Kier molecular flexibility index (Phi) is 4.48. The first-order valence-electron chi connectivity index (χ1n) is 6.89. The Morgan fingerprint density at radius 2 is 2.00 bits per heavy atom. The Labute approximate surface area is 109 Å². The molecular formula is C15H22N2O. The Morgan fingerprint density at radius 3 is 2.56 bits per heavy atom. The summed E-state index contributed by atoms with van der Waals surface area (Å²) in [6.07, 6.45) is 10.7. The van der Waals surface area contributed by atoms with Gasteiger partial charge < -0.3 is 5.73 Å². The summed E-state index contributed by atoms with van der Waals surface area (Å²) < 4.78 is 0. The van der Waals surface area contributed by atoms with Crippen molar-refractivity contribution in [3.05, 3.63) is 30.1 Å². The monoisotopic (exact) mass is 246 g/mol. The quantitative estimate of drug-likeness (QED) is 0.830. The van der Waals surface area contributed by atoms with Gasteiger partial charge in [-0.2, -0.15) is 0 Å². The molecular weight excluding hydrogens is 224 g/mol. The van der Waals surface area contributed by atoms with E-state index in [2.05, 4.69) is 4.98 Å². The minimum Gasteiger partial charge on any atom is -0.329 e. The van der Waals surface area contributed by atoms with Crippen LogP contribution in [-0.4, -0.2) is 17.3 Å². The number of ketones is 1. The van der Waals surface area contributed by atoms with Gasteiger partial charge in [-0.1, -0.05) is 31.7 Å². The zero-order valence-corrected chi connectivity index (χ0v) is 10.9. The molecule has 3 nitrogen and oxygen atoms in total. The molecule has 0 amide bonds. The molecule has 2 rings (SSSR count). The minimum absolute atomic E-state index is 0.271. The van der Waals surface area contributed by atoms with E-state index in [1.54, 1.807) is 12.4 Å². The molecule has 18 heavy (non-hydrogen) atoms. The van der Waals surface area contributed by atoms with Crippen LogP contribution < -0.4 is 5.73 Å². The van der Waals surface area contributed by atoms with Crippen LogP contribution in [0.3, 0.4) is 0 Å². The summed E-state index contributed by atoms with van der Waals surface area (Å²) in [5, 5.41) is 0. The van der Waals surface area contributed by atoms with Gasteiger partial charge in [0.05, 0.1) is 0 Å². The average molecular weight is 246 g/mol. The molecule has 0 saturated heterocycles. The van der Waals surface area contributed by atoms with Gasteiger partial charge in [0.15, 0.2) is 0 Å². The molecule has 1 aromatic heterocycles. The van der Waals surface area contributed by atoms with E-state index in [4.69, 9.17) is 5.73 Å². The van der Waals surface area contributed by atoms with Crippen molar-refractivity contribution in [3.63, 3.8) is 0 Å². The fourth-order valence-electron chi connectivity index (χ4n) is 2.88.